The molecule has 0 saturated carbocycles. The lowest BCUT2D eigenvalue weighted by Crippen LogP contribution is -2.49. The number of piperazine rings is 1. The molecule has 6 nitrogen and oxygen atoms in total. The second-order valence-corrected chi connectivity index (χ2v) is 6.48. The molecular formula is C16H20N4O2S. The van der Waals surface area contributed by atoms with Crippen molar-refractivity contribution in [2.45, 2.75) is 13.8 Å². The third-order valence-corrected chi connectivity index (χ3v) is 5.10. The number of ether oxygens (including phenoxy) is 1. The SMILES string of the molecule is COc1nc(C)c(C(=O)N2CCN(c3ncccc3C)CC2)s1. The van der Waals surface area contributed by atoms with Gasteiger partial charge in [-0.05, 0) is 25.5 Å². The largest absolute Gasteiger partial charge is 0.473 e. The fourth-order valence-electron chi connectivity index (χ4n) is 2.73. The topological polar surface area (TPSA) is 58.6 Å². The fourth-order valence-corrected chi connectivity index (χ4v) is 3.58. The summed E-state index contributed by atoms with van der Waals surface area (Å²) in [6, 6.07) is 4.01. The van der Waals surface area contributed by atoms with Crippen molar-refractivity contribution in [3.63, 3.8) is 0 Å². The summed E-state index contributed by atoms with van der Waals surface area (Å²) in [6.07, 6.45) is 1.81. The number of carbonyl (C=O) groups excluding carboxylic acids is 1. The number of amides is 1. The van der Waals surface area contributed by atoms with Crippen molar-refractivity contribution in [2.24, 2.45) is 0 Å². The van der Waals surface area contributed by atoms with Gasteiger partial charge in [0, 0.05) is 32.4 Å². The minimum Gasteiger partial charge on any atom is -0.473 e. The van der Waals surface area contributed by atoms with Crippen LogP contribution in [0, 0.1) is 13.8 Å². The lowest BCUT2D eigenvalue weighted by molar-refractivity contribution is 0.0750. The Labute approximate surface area is 139 Å². The number of hydrogen-bond acceptors (Lipinski definition) is 6. The molecule has 3 rings (SSSR count). The lowest BCUT2D eigenvalue weighted by atomic mass is 10.2. The van der Waals surface area contributed by atoms with E-state index in [9.17, 15) is 4.79 Å². The fraction of sp³-hybridized carbons (Fsp3) is 0.438. The van der Waals surface area contributed by atoms with Crippen molar-refractivity contribution in [2.75, 3.05) is 38.2 Å². The predicted octanol–water partition coefficient (Wildman–Crippen LogP) is 2.13. The van der Waals surface area contributed by atoms with Crippen LogP contribution in [0.25, 0.3) is 0 Å². The van der Waals surface area contributed by atoms with Gasteiger partial charge < -0.3 is 14.5 Å². The summed E-state index contributed by atoms with van der Waals surface area (Å²) in [7, 11) is 1.57. The number of pyridine rings is 1. The van der Waals surface area contributed by atoms with E-state index in [1.165, 1.54) is 11.3 Å². The van der Waals surface area contributed by atoms with Crippen LogP contribution in [0.1, 0.15) is 20.9 Å². The Morgan fingerprint density at radius 1 is 1.26 bits per heavy atom. The normalized spacial score (nSPS) is 14.9. The molecule has 0 unspecified atom stereocenters. The van der Waals surface area contributed by atoms with Crippen LogP contribution in [0.5, 0.6) is 5.19 Å². The van der Waals surface area contributed by atoms with Crippen molar-refractivity contribution >= 4 is 23.1 Å². The minimum absolute atomic E-state index is 0.0423. The Hall–Kier alpha value is -2.15. The van der Waals surface area contributed by atoms with Gasteiger partial charge in [-0.1, -0.05) is 17.4 Å². The zero-order valence-electron chi connectivity index (χ0n) is 13.6. The summed E-state index contributed by atoms with van der Waals surface area (Å²) in [4.78, 5) is 26.2. The van der Waals surface area contributed by atoms with E-state index in [2.05, 4.69) is 27.9 Å². The van der Waals surface area contributed by atoms with Crippen LogP contribution in [0.15, 0.2) is 18.3 Å². The van der Waals surface area contributed by atoms with Crippen LogP contribution >= 0.6 is 11.3 Å². The van der Waals surface area contributed by atoms with Gasteiger partial charge in [-0.3, -0.25) is 4.79 Å². The predicted molar refractivity (Wildman–Crippen MR) is 90.5 cm³/mol. The number of aromatic nitrogens is 2. The van der Waals surface area contributed by atoms with E-state index in [1.807, 2.05) is 24.1 Å². The summed E-state index contributed by atoms with van der Waals surface area (Å²) in [5.74, 6) is 1.05. The molecule has 0 radical (unpaired) electrons. The molecule has 2 aromatic rings. The lowest BCUT2D eigenvalue weighted by Gasteiger charge is -2.35. The van der Waals surface area contributed by atoms with Gasteiger partial charge >= 0.3 is 0 Å². The molecular weight excluding hydrogens is 312 g/mol. The zero-order chi connectivity index (χ0) is 16.4. The first kappa shape index (κ1) is 15.7. The Morgan fingerprint density at radius 3 is 2.61 bits per heavy atom. The molecule has 1 amide bonds. The summed E-state index contributed by atoms with van der Waals surface area (Å²) in [5, 5.41) is 0.536. The van der Waals surface area contributed by atoms with Gasteiger partial charge in [0.1, 0.15) is 10.7 Å². The van der Waals surface area contributed by atoms with Crippen LogP contribution in [0.2, 0.25) is 0 Å². The average Bonchev–Trinajstić information content (AvgIpc) is 2.96. The molecule has 1 fully saturated rings. The molecule has 23 heavy (non-hydrogen) atoms. The van der Waals surface area contributed by atoms with E-state index in [-0.39, 0.29) is 5.91 Å². The van der Waals surface area contributed by atoms with Crippen LogP contribution in [0.4, 0.5) is 5.82 Å². The molecule has 0 aromatic carbocycles. The van der Waals surface area contributed by atoms with Crippen LogP contribution in [-0.4, -0.2) is 54.1 Å². The highest BCUT2D eigenvalue weighted by atomic mass is 32.1. The molecule has 0 N–H and O–H groups in total. The van der Waals surface area contributed by atoms with Gasteiger partial charge in [0.2, 0.25) is 0 Å². The highest BCUT2D eigenvalue weighted by molar-refractivity contribution is 7.15. The monoisotopic (exact) mass is 332 g/mol. The van der Waals surface area contributed by atoms with Gasteiger partial charge in [-0.2, -0.15) is 0 Å². The average molecular weight is 332 g/mol. The number of carbonyl (C=O) groups is 1. The molecule has 0 bridgehead atoms. The van der Waals surface area contributed by atoms with E-state index in [0.29, 0.717) is 23.2 Å². The molecule has 7 heteroatoms. The smallest absolute Gasteiger partial charge is 0.273 e. The van der Waals surface area contributed by atoms with E-state index in [0.717, 1.165) is 30.2 Å². The second-order valence-electron chi connectivity index (χ2n) is 5.52. The Morgan fingerprint density at radius 2 is 2.00 bits per heavy atom. The van der Waals surface area contributed by atoms with Crippen LogP contribution < -0.4 is 9.64 Å². The third kappa shape index (κ3) is 3.14. The number of anilines is 1. The molecule has 1 aliphatic heterocycles. The quantitative estimate of drug-likeness (QED) is 0.862. The number of aryl methyl sites for hydroxylation is 2. The third-order valence-electron chi connectivity index (χ3n) is 3.99. The Bertz CT molecular complexity index is 708. The van der Waals surface area contributed by atoms with E-state index in [4.69, 9.17) is 4.74 Å². The van der Waals surface area contributed by atoms with E-state index in [1.54, 1.807) is 7.11 Å². The van der Waals surface area contributed by atoms with Crippen molar-refractivity contribution in [1.82, 2.24) is 14.9 Å². The molecule has 2 aromatic heterocycles. The molecule has 122 valence electrons. The number of nitrogens with zero attached hydrogens (tertiary/aromatic N) is 4. The second kappa shape index (κ2) is 6.54. The first-order valence-electron chi connectivity index (χ1n) is 7.57. The summed E-state index contributed by atoms with van der Waals surface area (Å²) in [5.41, 5.74) is 1.90. The molecule has 1 saturated heterocycles. The minimum atomic E-state index is 0.0423. The molecule has 0 atom stereocenters. The van der Waals surface area contributed by atoms with Gasteiger partial charge in [0.15, 0.2) is 0 Å². The highest BCUT2D eigenvalue weighted by Gasteiger charge is 2.26. The number of thiazole rings is 1. The maximum Gasteiger partial charge on any atom is 0.273 e. The van der Waals surface area contributed by atoms with Gasteiger partial charge in [-0.15, -0.1) is 0 Å². The van der Waals surface area contributed by atoms with Gasteiger partial charge in [-0.25, -0.2) is 9.97 Å². The molecule has 0 spiro atoms. The van der Waals surface area contributed by atoms with Crippen molar-refractivity contribution in [1.29, 1.82) is 0 Å². The van der Waals surface area contributed by atoms with Crippen molar-refractivity contribution in [3.8, 4) is 5.19 Å². The maximum atomic E-state index is 12.7. The standard InChI is InChI=1S/C16H20N4O2S/c1-11-5-4-6-17-14(11)19-7-9-20(10-8-19)15(21)13-12(2)18-16(22-3)23-13/h4-6H,7-10H2,1-3H3. The molecule has 0 aliphatic carbocycles. The van der Waals surface area contributed by atoms with Crippen LogP contribution in [-0.2, 0) is 0 Å². The van der Waals surface area contributed by atoms with E-state index >= 15 is 0 Å². The number of hydrogen-bond donors (Lipinski definition) is 0. The van der Waals surface area contributed by atoms with Crippen LogP contribution in [0.3, 0.4) is 0 Å². The van der Waals surface area contributed by atoms with E-state index < -0.39 is 0 Å². The van der Waals surface area contributed by atoms with Crippen molar-refractivity contribution in [3.05, 3.63) is 34.5 Å². The van der Waals surface area contributed by atoms with Gasteiger partial charge in [0.25, 0.3) is 11.1 Å². The summed E-state index contributed by atoms with van der Waals surface area (Å²) < 4.78 is 5.12. The first-order valence-corrected chi connectivity index (χ1v) is 8.39. The maximum absolute atomic E-state index is 12.7. The first-order chi connectivity index (χ1) is 11.1. The molecule has 1 aliphatic rings. The number of methoxy groups -OCH3 is 1. The molecule has 3 heterocycles. The Kier molecular flexibility index (Phi) is 4.47. The van der Waals surface area contributed by atoms with Gasteiger partial charge in [0.05, 0.1) is 12.8 Å². The zero-order valence-corrected chi connectivity index (χ0v) is 14.4. The van der Waals surface area contributed by atoms with Crippen molar-refractivity contribution < 1.29 is 9.53 Å². The summed E-state index contributed by atoms with van der Waals surface area (Å²) >= 11 is 1.31. The summed E-state index contributed by atoms with van der Waals surface area (Å²) in [6.45, 7) is 6.87. The Balaban J connectivity index is 1.68. The number of rotatable bonds is 3. The highest BCUT2D eigenvalue weighted by Crippen LogP contribution is 2.26.